The third kappa shape index (κ3) is 4.06. The van der Waals surface area contributed by atoms with Gasteiger partial charge in [-0.3, -0.25) is 4.79 Å². The van der Waals surface area contributed by atoms with Crippen molar-refractivity contribution in [2.75, 3.05) is 10.6 Å². The molecule has 2 N–H and O–H groups in total. The molecule has 0 radical (unpaired) electrons. The third-order valence-corrected chi connectivity index (χ3v) is 3.25. The summed E-state index contributed by atoms with van der Waals surface area (Å²) in [6.07, 6.45) is 0. The van der Waals surface area contributed by atoms with Crippen LogP contribution in [0.1, 0.15) is 18.2 Å². The Morgan fingerprint density at radius 1 is 1.20 bits per heavy atom. The van der Waals surface area contributed by atoms with Gasteiger partial charge in [0.25, 0.3) is 0 Å². The summed E-state index contributed by atoms with van der Waals surface area (Å²) < 4.78 is 0.834. The zero-order valence-electron chi connectivity index (χ0n) is 11.4. The molecule has 0 atom stereocenters. The van der Waals surface area contributed by atoms with E-state index in [0.29, 0.717) is 6.54 Å². The highest BCUT2D eigenvalue weighted by atomic mass is 79.9. The molecule has 0 aliphatic carbocycles. The zero-order chi connectivity index (χ0) is 14.5. The fourth-order valence-corrected chi connectivity index (χ4v) is 2.22. The third-order valence-electron chi connectivity index (χ3n) is 2.81. The average Bonchev–Trinajstić information content (AvgIpc) is 2.39. The normalized spacial score (nSPS) is 10.2. The Hall–Kier alpha value is -1.88. The summed E-state index contributed by atoms with van der Waals surface area (Å²) in [4.78, 5) is 15.3. The van der Waals surface area contributed by atoms with Gasteiger partial charge in [0.1, 0.15) is 4.60 Å². The number of benzene rings is 1. The number of amides is 1. The minimum Gasteiger partial charge on any atom is -0.380 e. The standard InChI is InChI=1S/C15H16BrN3O/c1-10-14(7-8-15(16)18-10)17-9-12-3-5-13(6-4-12)19-11(2)20/h3-8,17H,9H2,1-2H3,(H,19,20). The first-order chi connectivity index (χ1) is 9.54. The number of rotatable bonds is 4. The van der Waals surface area contributed by atoms with E-state index in [2.05, 4.69) is 31.5 Å². The number of halogens is 1. The highest BCUT2D eigenvalue weighted by Gasteiger charge is 2.01. The largest absolute Gasteiger partial charge is 0.380 e. The topological polar surface area (TPSA) is 54.0 Å². The smallest absolute Gasteiger partial charge is 0.221 e. The molecule has 20 heavy (non-hydrogen) atoms. The molecule has 1 heterocycles. The maximum atomic E-state index is 10.9. The molecule has 4 nitrogen and oxygen atoms in total. The van der Waals surface area contributed by atoms with Gasteiger partial charge in [-0.25, -0.2) is 4.98 Å². The van der Waals surface area contributed by atoms with Crippen molar-refractivity contribution in [1.29, 1.82) is 0 Å². The summed E-state index contributed by atoms with van der Waals surface area (Å²) in [6.45, 7) is 4.18. The molecule has 2 aromatic rings. The van der Waals surface area contributed by atoms with Crippen molar-refractivity contribution in [2.45, 2.75) is 20.4 Å². The maximum Gasteiger partial charge on any atom is 0.221 e. The lowest BCUT2D eigenvalue weighted by atomic mass is 10.2. The molecule has 0 spiro atoms. The van der Waals surface area contributed by atoms with Crippen LogP contribution in [0.15, 0.2) is 41.0 Å². The van der Waals surface area contributed by atoms with Crippen molar-refractivity contribution >= 4 is 33.2 Å². The van der Waals surface area contributed by atoms with Gasteiger partial charge in [-0.15, -0.1) is 0 Å². The number of carbonyl (C=O) groups excluding carboxylic acids is 1. The van der Waals surface area contributed by atoms with Crippen LogP contribution >= 0.6 is 15.9 Å². The minimum absolute atomic E-state index is 0.0626. The van der Waals surface area contributed by atoms with Gasteiger partial charge in [0.2, 0.25) is 5.91 Å². The Morgan fingerprint density at radius 3 is 2.50 bits per heavy atom. The van der Waals surface area contributed by atoms with Crippen LogP contribution in [-0.4, -0.2) is 10.9 Å². The van der Waals surface area contributed by atoms with Gasteiger partial charge in [0.05, 0.1) is 11.4 Å². The summed E-state index contributed by atoms with van der Waals surface area (Å²) >= 11 is 3.35. The molecular formula is C15H16BrN3O. The predicted molar refractivity (Wildman–Crippen MR) is 84.7 cm³/mol. The van der Waals surface area contributed by atoms with Crippen LogP contribution in [0.25, 0.3) is 0 Å². The lowest BCUT2D eigenvalue weighted by Crippen LogP contribution is -2.06. The van der Waals surface area contributed by atoms with Crippen molar-refractivity contribution in [3.05, 3.63) is 52.3 Å². The van der Waals surface area contributed by atoms with Crippen LogP contribution in [0.5, 0.6) is 0 Å². The SMILES string of the molecule is CC(=O)Nc1ccc(CNc2ccc(Br)nc2C)cc1. The van der Waals surface area contributed by atoms with Crippen LogP contribution in [0, 0.1) is 6.92 Å². The van der Waals surface area contributed by atoms with Gasteiger partial charge in [0, 0.05) is 19.2 Å². The number of nitrogens with zero attached hydrogens (tertiary/aromatic N) is 1. The minimum atomic E-state index is -0.0626. The van der Waals surface area contributed by atoms with Gasteiger partial charge < -0.3 is 10.6 Å². The quantitative estimate of drug-likeness (QED) is 0.838. The molecule has 0 bridgehead atoms. The number of aryl methyl sites for hydroxylation is 1. The molecular weight excluding hydrogens is 318 g/mol. The lowest BCUT2D eigenvalue weighted by Gasteiger charge is -2.10. The first-order valence-electron chi connectivity index (χ1n) is 6.28. The lowest BCUT2D eigenvalue weighted by molar-refractivity contribution is -0.114. The Morgan fingerprint density at radius 2 is 1.90 bits per heavy atom. The average molecular weight is 334 g/mol. The maximum absolute atomic E-state index is 10.9. The Kier molecular flexibility index (Phi) is 4.74. The van der Waals surface area contributed by atoms with E-state index in [4.69, 9.17) is 0 Å². The molecule has 104 valence electrons. The number of pyridine rings is 1. The Labute approximate surface area is 126 Å². The fraction of sp³-hybridized carbons (Fsp3) is 0.200. The molecule has 5 heteroatoms. The van der Waals surface area contributed by atoms with Crippen molar-refractivity contribution < 1.29 is 4.79 Å². The van der Waals surface area contributed by atoms with Crippen LogP contribution in [0.3, 0.4) is 0 Å². The van der Waals surface area contributed by atoms with Crippen LogP contribution in [0.2, 0.25) is 0 Å². The first kappa shape index (κ1) is 14.5. The van der Waals surface area contributed by atoms with Crippen LogP contribution in [0.4, 0.5) is 11.4 Å². The number of nitrogens with one attached hydrogen (secondary N) is 2. The highest BCUT2D eigenvalue weighted by molar-refractivity contribution is 9.10. The van der Waals surface area contributed by atoms with Crippen molar-refractivity contribution in [3.8, 4) is 0 Å². The van der Waals surface area contributed by atoms with Crippen LogP contribution in [-0.2, 0) is 11.3 Å². The summed E-state index contributed by atoms with van der Waals surface area (Å²) in [6, 6.07) is 11.7. The van der Waals surface area contributed by atoms with Gasteiger partial charge >= 0.3 is 0 Å². The van der Waals surface area contributed by atoms with E-state index < -0.39 is 0 Å². The molecule has 1 aromatic heterocycles. The van der Waals surface area contributed by atoms with E-state index in [1.807, 2.05) is 43.3 Å². The van der Waals surface area contributed by atoms with Crippen molar-refractivity contribution in [2.24, 2.45) is 0 Å². The van der Waals surface area contributed by atoms with Crippen molar-refractivity contribution in [1.82, 2.24) is 4.98 Å². The van der Waals surface area contributed by atoms with E-state index in [1.54, 1.807) is 0 Å². The number of aromatic nitrogens is 1. The Balaban J connectivity index is 1.98. The molecule has 2 rings (SSSR count). The molecule has 0 unspecified atom stereocenters. The summed E-state index contributed by atoms with van der Waals surface area (Å²) in [5, 5.41) is 6.09. The summed E-state index contributed by atoms with van der Waals surface area (Å²) in [5.41, 5.74) is 3.91. The number of hydrogen-bond donors (Lipinski definition) is 2. The first-order valence-corrected chi connectivity index (χ1v) is 7.07. The second-order valence-corrected chi connectivity index (χ2v) is 5.31. The zero-order valence-corrected chi connectivity index (χ0v) is 13.0. The van der Waals surface area contributed by atoms with Gasteiger partial charge in [-0.1, -0.05) is 12.1 Å². The number of carbonyl (C=O) groups is 1. The van der Waals surface area contributed by atoms with Gasteiger partial charge in [-0.05, 0) is 52.7 Å². The second kappa shape index (κ2) is 6.52. The summed E-state index contributed by atoms with van der Waals surface area (Å²) in [5.74, 6) is -0.0626. The molecule has 0 aliphatic rings. The molecule has 0 aliphatic heterocycles. The van der Waals surface area contributed by atoms with E-state index in [1.165, 1.54) is 6.92 Å². The fourth-order valence-electron chi connectivity index (χ4n) is 1.82. The van der Waals surface area contributed by atoms with Gasteiger partial charge in [-0.2, -0.15) is 0 Å². The molecule has 1 aromatic carbocycles. The van der Waals surface area contributed by atoms with Crippen LogP contribution < -0.4 is 10.6 Å². The monoisotopic (exact) mass is 333 g/mol. The predicted octanol–water partition coefficient (Wildman–Crippen LogP) is 3.72. The van der Waals surface area contributed by atoms with Gasteiger partial charge in [0.15, 0.2) is 0 Å². The molecule has 0 saturated heterocycles. The number of anilines is 2. The molecule has 0 fully saturated rings. The number of hydrogen-bond acceptors (Lipinski definition) is 3. The molecule has 1 amide bonds. The second-order valence-electron chi connectivity index (χ2n) is 4.50. The van der Waals surface area contributed by atoms with E-state index in [0.717, 1.165) is 27.2 Å². The van der Waals surface area contributed by atoms with E-state index in [-0.39, 0.29) is 5.91 Å². The van der Waals surface area contributed by atoms with Crippen molar-refractivity contribution in [3.63, 3.8) is 0 Å². The van der Waals surface area contributed by atoms with E-state index in [9.17, 15) is 4.79 Å². The van der Waals surface area contributed by atoms with E-state index >= 15 is 0 Å². The Bertz CT molecular complexity index is 611. The highest BCUT2D eigenvalue weighted by Crippen LogP contribution is 2.17. The molecule has 0 saturated carbocycles. The summed E-state index contributed by atoms with van der Waals surface area (Å²) in [7, 11) is 0.